The molecule has 2 rings (SSSR count). The second-order valence-electron chi connectivity index (χ2n) is 3.67. The van der Waals surface area contributed by atoms with Crippen LogP contribution in [0.25, 0.3) is 5.69 Å². The molecule has 0 aliphatic carbocycles. The van der Waals surface area contributed by atoms with Crippen LogP contribution in [0.3, 0.4) is 0 Å². The van der Waals surface area contributed by atoms with Crippen molar-refractivity contribution in [3.63, 3.8) is 0 Å². The van der Waals surface area contributed by atoms with Gasteiger partial charge in [-0.1, -0.05) is 12.1 Å². The number of aryl methyl sites for hydroxylation is 1. The first-order chi connectivity index (χ1) is 7.65. The Morgan fingerprint density at radius 1 is 1.38 bits per heavy atom. The SMILES string of the molecule is Cc1ncn(-c2c(F)cccc2CCl)c1C. The average molecular weight is 239 g/mol. The highest BCUT2D eigenvalue weighted by molar-refractivity contribution is 6.17. The molecule has 0 unspecified atom stereocenters. The van der Waals surface area contributed by atoms with Crippen molar-refractivity contribution in [1.82, 2.24) is 9.55 Å². The number of halogens is 2. The maximum absolute atomic E-state index is 13.8. The van der Waals surface area contributed by atoms with E-state index in [-0.39, 0.29) is 11.7 Å². The maximum Gasteiger partial charge on any atom is 0.147 e. The van der Waals surface area contributed by atoms with Gasteiger partial charge in [0.15, 0.2) is 0 Å². The fourth-order valence-corrected chi connectivity index (χ4v) is 1.88. The maximum atomic E-state index is 13.8. The summed E-state index contributed by atoms with van der Waals surface area (Å²) in [4.78, 5) is 4.16. The number of nitrogens with zero attached hydrogens (tertiary/aromatic N) is 2. The quantitative estimate of drug-likeness (QED) is 0.734. The van der Waals surface area contributed by atoms with Crippen molar-refractivity contribution in [2.45, 2.75) is 19.7 Å². The van der Waals surface area contributed by atoms with E-state index in [0.29, 0.717) is 5.69 Å². The highest BCUT2D eigenvalue weighted by Gasteiger charge is 2.12. The van der Waals surface area contributed by atoms with Crippen LogP contribution in [0, 0.1) is 19.7 Å². The standard InChI is InChI=1S/C12H12ClFN2/c1-8-9(2)16(7-15-8)12-10(6-13)4-3-5-11(12)14/h3-5,7H,6H2,1-2H3. The molecule has 0 radical (unpaired) electrons. The summed E-state index contributed by atoms with van der Waals surface area (Å²) in [6.45, 7) is 3.81. The normalized spacial score (nSPS) is 10.8. The summed E-state index contributed by atoms with van der Waals surface area (Å²) in [6.07, 6.45) is 1.62. The molecule has 1 aromatic carbocycles. The van der Waals surface area contributed by atoms with E-state index in [0.717, 1.165) is 17.0 Å². The lowest BCUT2D eigenvalue weighted by atomic mass is 10.2. The molecular formula is C12H12ClFN2. The smallest absolute Gasteiger partial charge is 0.147 e. The van der Waals surface area contributed by atoms with Gasteiger partial charge >= 0.3 is 0 Å². The van der Waals surface area contributed by atoms with Crippen molar-refractivity contribution < 1.29 is 4.39 Å². The molecule has 1 heterocycles. The zero-order chi connectivity index (χ0) is 11.7. The third-order valence-corrected chi connectivity index (χ3v) is 2.99. The summed E-state index contributed by atoms with van der Waals surface area (Å²) >= 11 is 5.81. The van der Waals surface area contributed by atoms with Gasteiger partial charge in [0.25, 0.3) is 0 Å². The van der Waals surface area contributed by atoms with Crippen molar-refractivity contribution >= 4 is 11.6 Å². The first kappa shape index (κ1) is 11.1. The highest BCUT2D eigenvalue weighted by Crippen LogP contribution is 2.22. The second kappa shape index (κ2) is 4.26. The van der Waals surface area contributed by atoms with Crippen LogP contribution in [0.1, 0.15) is 17.0 Å². The van der Waals surface area contributed by atoms with E-state index in [2.05, 4.69) is 4.98 Å². The number of hydrogen-bond donors (Lipinski definition) is 0. The van der Waals surface area contributed by atoms with E-state index in [4.69, 9.17) is 11.6 Å². The van der Waals surface area contributed by atoms with Crippen LogP contribution in [-0.2, 0) is 5.88 Å². The van der Waals surface area contributed by atoms with Crippen LogP contribution in [-0.4, -0.2) is 9.55 Å². The lowest BCUT2D eigenvalue weighted by Gasteiger charge is -2.11. The van der Waals surface area contributed by atoms with Crippen molar-refractivity contribution in [2.24, 2.45) is 0 Å². The lowest BCUT2D eigenvalue weighted by Crippen LogP contribution is -2.02. The molecule has 0 atom stereocenters. The molecule has 16 heavy (non-hydrogen) atoms. The first-order valence-electron chi connectivity index (χ1n) is 4.99. The van der Waals surface area contributed by atoms with Gasteiger partial charge in [-0.3, -0.25) is 0 Å². The van der Waals surface area contributed by atoms with Gasteiger partial charge in [-0.05, 0) is 25.5 Å². The summed E-state index contributed by atoms with van der Waals surface area (Å²) < 4.78 is 15.5. The monoisotopic (exact) mass is 238 g/mol. The Labute approximate surface area is 98.7 Å². The van der Waals surface area contributed by atoms with Crippen molar-refractivity contribution in [1.29, 1.82) is 0 Å². The minimum absolute atomic E-state index is 0.279. The summed E-state index contributed by atoms with van der Waals surface area (Å²) in [5.41, 5.74) is 3.08. The first-order valence-corrected chi connectivity index (χ1v) is 5.53. The summed E-state index contributed by atoms with van der Waals surface area (Å²) in [5, 5.41) is 0. The van der Waals surface area contributed by atoms with Gasteiger partial charge in [-0.25, -0.2) is 9.37 Å². The molecule has 0 aliphatic rings. The predicted octanol–water partition coefficient (Wildman–Crippen LogP) is 3.37. The van der Waals surface area contributed by atoms with E-state index < -0.39 is 0 Å². The molecule has 0 spiro atoms. The van der Waals surface area contributed by atoms with Gasteiger partial charge < -0.3 is 4.57 Å². The van der Waals surface area contributed by atoms with Crippen LogP contribution in [0.2, 0.25) is 0 Å². The molecule has 2 aromatic rings. The third kappa shape index (κ3) is 1.71. The lowest BCUT2D eigenvalue weighted by molar-refractivity contribution is 0.615. The Bertz CT molecular complexity index is 520. The zero-order valence-electron chi connectivity index (χ0n) is 9.17. The summed E-state index contributed by atoms with van der Waals surface area (Å²) in [5.74, 6) is 0.00248. The highest BCUT2D eigenvalue weighted by atomic mass is 35.5. The van der Waals surface area contributed by atoms with Crippen molar-refractivity contribution in [2.75, 3.05) is 0 Å². The van der Waals surface area contributed by atoms with E-state index in [1.807, 2.05) is 19.9 Å². The molecule has 0 bridgehead atoms. The number of alkyl halides is 1. The number of imidazole rings is 1. The average Bonchev–Trinajstić information content (AvgIpc) is 2.60. The largest absolute Gasteiger partial charge is 0.300 e. The number of para-hydroxylation sites is 1. The van der Waals surface area contributed by atoms with Gasteiger partial charge in [0, 0.05) is 11.6 Å². The Hall–Kier alpha value is -1.35. The van der Waals surface area contributed by atoms with Gasteiger partial charge in [-0.2, -0.15) is 0 Å². The van der Waals surface area contributed by atoms with Crippen LogP contribution < -0.4 is 0 Å². The fraction of sp³-hybridized carbons (Fsp3) is 0.250. The van der Waals surface area contributed by atoms with Crippen molar-refractivity contribution in [3.05, 3.63) is 47.3 Å². The number of aromatic nitrogens is 2. The van der Waals surface area contributed by atoms with Crippen LogP contribution in [0.5, 0.6) is 0 Å². The molecule has 0 N–H and O–H groups in total. The van der Waals surface area contributed by atoms with E-state index >= 15 is 0 Å². The van der Waals surface area contributed by atoms with Gasteiger partial charge in [0.05, 0.1) is 17.7 Å². The Morgan fingerprint density at radius 2 is 2.12 bits per heavy atom. The minimum Gasteiger partial charge on any atom is -0.300 e. The summed E-state index contributed by atoms with van der Waals surface area (Å²) in [6, 6.07) is 4.91. The molecular weight excluding hydrogens is 227 g/mol. The Balaban J connectivity index is 2.68. The van der Waals surface area contributed by atoms with Gasteiger partial charge in [0.2, 0.25) is 0 Å². The molecule has 0 aliphatic heterocycles. The Morgan fingerprint density at radius 3 is 2.69 bits per heavy atom. The molecule has 2 nitrogen and oxygen atoms in total. The summed E-state index contributed by atoms with van der Waals surface area (Å²) in [7, 11) is 0. The molecule has 0 fully saturated rings. The predicted molar refractivity (Wildman–Crippen MR) is 62.6 cm³/mol. The molecule has 0 saturated carbocycles. The molecule has 0 amide bonds. The number of rotatable bonds is 2. The van der Waals surface area contributed by atoms with Gasteiger partial charge in [0.1, 0.15) is 5.82 Å². The third-order valence-electron chi connectivity index (χ3n) is 2.71. The molecule has 0 saturated heterocycles. The van der Waals surface area contributed by atoms with Crippen LogP contribution in [0.4, 0.5) is 4.39 Å². The van der Waals surface area contributed by atoms with Gasteiger partial charge in [-0.15, -0.1) is 11.6 Å². The number of benzene rings is 1. The second-order valence-corrected chi connectivity index (χ2v) is 3.93. The van der Waals surface area contributed by atoms with E-state index in [1.54, 1.807) is 17.0 Å². The van der Waals surface area contributed by atoms with Crippen molar-refractivity contribution in [3.8, 4) is 5.69 Å². The molecule has 84 valence electrons. The van der Waals surface area contributed by atoms with E-state index in [9.17, 15) is 4.39 Å². The van der Waals surface area contributed by atoms with Crippen LogP contribution in [0.15, 0.2) is 24.5 Å². The number of hydrogen-bond acceptors (Lipinski definition) is 1. The van der Waals surface area contributed by atoms with E-state index in [1.165, 1.54) is 6.07 Å². The fourth-order valence-electron chi connectivity index (χ4n) is 1.66. The topological polar surface area (TPSA) is 17.8 Å². The van der Waals surface area contributed by atoms with Crippen LogP contribution >= 0.6 is 11.6 Å². The molecule has 1 aromatic heterocycles. The Kier molecular flexibility index (Phi) is 2.97. The minimum atomic E-state index is -0.279. The molecule has 4 heteroatoms. The zero-order valence-corrected chi connectivity index (χ0v) is 9.92.